The fraction of sp³-hybridized carbons (Fsp3) is 0.100. The van der Waals surface area contributed by atoms with Crippen molar-refractivity contribution in [2.75, 3.05) is 5.73 Å². The van der Waals surface area contributed by atoms with Crippen LogP contribution in [0.1, 0.15) is 5.69 Å². The van der Waals surface area contributed by atoms with Crippen molar-refractivity contribution in [2.24, 2.45) is 0 Å². The monoisotopic (exact) mass is 224 g/mol. The number of aromatic nitrogens is 1. The number of hydrogen-bond donors (Lipinski definition) is 1. The summed E-state index contributed by atoms with van der Waals surface area (Å²) in [5.41, 5.74) is 6.01. The molecule has 5 heteroatoms. The molecule has 0 aliphatic carbocycles. The maximum Gasteiger partial charge on any atom is 0.222 e. The molecule has 0 bridgehead atoms. The van der Waals surface area contributed by atoms with Gasteiger partial charge in [0.25, 0.3) is 0 Å². The number of halogens is 1. The lowest BCUT2D eigenvalue weighted by atomic mass is 10.3. The van der Waals surface area contributed by atoms with E-state index in [1.807, 2.05) is 12.1 Å². The molecule has 1 aromatic heterocycles. The van der Waals surface area contributed by atoms with Gasteiger partial charge in [-0.05, 0) is 18.2 Å². The Morgan fingerprint density at radius 3 is 2.93 bits per heavy atom. The molecule has 78 valence electrons. The van der Waals surface area contributed by atoms with Gasteiger partial charge >= 0.3 is 0 Å². The van der Waals surface area contributed by atoms with Crippen molar-refractivity contribution in [3.05, 3.63) is 41.0 Å². The predicted octanol–water partition coefficient (Wildman–Crippen LogP) is 2.49. The highest BCUT2D eigenvalue weighted by Gasteiger charge is 2.01. The Bertz CT molecular complexity index is 456. The number of anilines is 1. The highest BCUT2D eigenvalue weighted by Crippen LogP contribution is 2.18. The van der Waals surface area contributed by atoms with Gasteiger partial charge in [0.15, 0.2) is 0 Å². The van der Waals surface area contributed by atoms with Crippen molar-refractivity contribution in [3.8, 4) is 5.75 Å². The smallest absolute Gasteiger partial charge is 0.222 e. The van der Waals surface area contributed by atoms with Gasteiger partial charge in [-0.2, -0.15) is 0 Å². The van der Waals surface area contributed by atoms with E-state index in [-0.39, 0.29) is 5.88 Å². The molecule has 15 heavy (non-hydrogen) atoms. The Labute approximate surface area is 91.6 Å². The molecular formula is C10H9ClN2O2. The number of rotatable bonds is 3. The van der Waals surface area contributed by atoms with E-state index >= 15 is 0 Å². The summed E-state index contributed by atoms with van der Waals surface area (Å²) in [5, 5.41) is 4.33. The quantitative estimate of drug-likeness (QED) is 0.870. The van der Waals surface area contributed by atoms with Gasteiger partial charge in [0.1, 0.15) is 18.1 Å². The van der Waals surface area contributed by atoms with Gasteiger partial charge in [0, 0.05) is 11.1 Å². The Morgan fingerprint density at radius 1 is 1.40 bits per heavy atom. The SMILES string of the molecule is Nc1cc(COc2cccc(Cl)c2)no1. The molecule has 0 aliphatic rings. The van der Waals surface area contributed by atoms with Gasteiger partial charge in [-0.15, -0.1) is 0 Å². The lowest BCUT2D eigenvalue weighted by molar-refractivity contribution is 0.290. The van der Waals surface area contributed by atoms with Crippen molar-refractivity contribution in [1.29, 1.82) is 0 Å². The third kappa shape index (κ3) is 2.63. The van der Waals surface area contributed by atoms with Crippen molar-refractivity contribution in [1.82, 2.24) is 5.16 Å². The van der Waals surface area contributed by atoms with Crippen LogP contribution in [0.4, 0.5) is 5.88 Å². The number of nitrogens with two attached hydrogens (primary N) is 1. The van der Waals surface area contributed by atoms with Crippen LogP contribution in [0.15, 0.2) is 34.9 Å². The van der Waals surface area contributed by atoms with E-state index in [4.69, 9.17) is 26.6 Å². The zero-order chi connectivity index (χ0) is 10.7. The molecule has 0 radical (unpaired) electrons. The van der Waals surface area contributed by atoms with Crippen molar-refractivity contribution in [2.45, 2.75) is 6.61 Å². The normalized spacial score (nSPS) is 10.2. The van der Waals surface area contributed by atoms with Crippen LogP contribution in [0, 0.1) is 0 Å². The topological polar surface area (TPSA) is 61.3 Å². The molecule has 0 saturated carbocycles. The summed E-state index contributed by atoms with van der Waals surface area (Å²) in [6.07, 6.45) is 0. The van der Waals surface area contributed by atoms with Crippen LogP contribution in [0.5, 0.6) is 5.75 Å². The molecule has 0 amide bonds. The van der Waals surface area contributed by atoms with Crippen LogP contribution in [0.3, 0.4) is 0 Å². The van der Waals surface area contributed by atoms with E-state index in [0.717, 1.165) is 0 Å². The van der Waals surface area contributed by atoms with Crippen molar-refractivity contribution in [3.63, 3.8) is 0 Å². The first-order valence-electron chi connectivity index (χ1n) is 4.33. The van der Waals surface area contributed by atoms with Crippen LogP contribution in [-0.4, -0.2) is 5.16 Å². The van der Waals surface area contributed by atoms with Crippen LogP contribution >= 0.6 is 11.6 Å². The van der Waals surface area contributed by atoms with Crippen LogP contribution in [0.2, 0.25) is 5.02 Å². The summed E-state index contributed by atoms with van der Waals surface area (Å²) in [5.74, 6) is 0.962. The van der Waals surface area contributed by atoms with E-state index in [9.17, 15) is 0 Å². The molecule has 0 fully saturated rings. The Balaban J connectivity index is 1.99. The zero-order valence-corrected chi connectivity index (χ0v) is 8.57. The summed E-state index contributed by atoms with van der Waals surface area (Å²) < 4.78 is 10.1. The van der Waals surface area contributed by atoms with Gasteiger partial charge in [-0.1, -0.05) is 22.8 Å². The first-order valence-corrected chi connectivity index (χ1v) is 4.71. The minimum absolute atomic E-state index is 0.277. The Kier molecular flexibility index (Phi) is 2.78. The second-order valence-electron chi connectivity index (χ2n) is 2.97. The number of nitrogens with zero attached hydrogens (tertiary/aromatic N) is 1. The van der Waals surface area contributed by atoms with Gasteiger partial charge < -0.3 is 15.0 Å². The summed E-state index contributed by atoms with van der Waals surface area (Å²) in [6.45, 7) is 0.307. The van der Waals surface area contributed by atoms with E-state index < -0.39 is 0 Å². The highest BCUT2D eigenvalue weighted by molar-refractivity contribution is 6.30. The number of ether oxygens (including phenoxy) is 1. The second kappa shape index (κ2) is 4.23. The average Bonchev–Trinajstić information content (AvgIpc) is 2.62. The van der Waals surface area contributed by atoms with Gasteiger partial charge in [-0.3, -0.25) is 0 Å². The molecule has 2 N–H and O–H groups in total. The number of benzene rings is 1. The largest absolute Gasteiger partial charge is 0.487 e. The second-order valence-corrected chi connectivity index (χ2v) is 3.40. The molecule has 0 aliphatic heterocycles. The van der Waals surface area contributed by atoms with Gasteiger partial charge in [0.2, 0.25) is 5.88 Å². The van der Waals surface area contributed by atoms with Gasteiger partial charge in [0.05, 0.1) is 0 Å². The zero-order valence-electron chi connectivity index (χ0n) is 7.81. The van der Waals surface area contributed by atoms with Crippen molar-refractivity contribution >= 4 is 17.5 Å². The van der Waals surface area contributed by atoms with E-state index in [0.29, 0.717) is 23.1 Å². The summed E-state index contributed by atoms with van der Waals surface area (Å²) in [4.78, 5) is 0. The van der Waals surface area contributed by atoms with Crippen LogP contribution in [-0.2, 0) is 6.61 Å². The lowest BCUT2D eigenvalue weighted by Crippen LogP contribution is -1.95. The fourth-order valence-electron chi connectivity index (χ4n) is 1.11. The van der Waals surface area contributed by atoms with E-state index in [1.54, 1.807) is 18.2 Å². The summed E-state index contributed by atoms with van der Waals surface area (Å²) in [7, 11) is 0. The van der Waals surface area contributed by atoms with Crippen LogP contribution in [0.25, 0.3) is 0 Å². The predicted molar refractivity (Wildman–Crippen MR) is 56.7 cm³/mol. The molecule has 2 aromatic rings. The molecule has 1 aromatic carbocycles. The Hall–Kier alpha value is -1.68. The molecule has 0 atom stereocenters. The molecule has 0 unspecified atom stereocenters. The maximum atomic E-state index is 5.80. The first-order chi connectivity index (χ1) is 7.24. The standard InChI is InChI=1S/C10H9ClN2O2/c11-7-2-1-3-9(4-7)14-6-8-5-10(12)15-13-8/h1-5H,6,12H2. The minimum Gasteiger partial charge on any atom is -0.487 e. The highest BCUT2D eigenvalue weighted by atomic mass is 35.5. The van der Waals surface area contributed by atoms with Crippen molar-refractivity contribution < 1.29 is 9.26 Å². The molecule has 0 spiro atoms. The lowest BCUT2D eigenvalue weighted by Gasteiger charge is -2.03. The molecule has 1 heterocycles. The first kappa shape index (κ1) is 9.86. The summed E-state index contributed by atoms with van der Waals surface area (Å²) in [6, 6.07) is 8.75. The van der Waals surface area contributed by atoms with E-state index in [2.05, 4.69) is 5.16 Å². The maximum absolute atomic E-state index is 5.80. The number of hydrogen-bond acceptors (Lipinski definition) is 4. The average molecular weight is 225 g/mol. The minimum atomic E-state index is 0.277. The third-order valence-corrected chi connectivity index (χ3v) is 2.00. The molecular weight excluding hydrogens is 216 g/mol. The van der Waals surface area contributed by atoms with Gasteiger partial charge in [-0.25, -0.2) is 0 Å². The third-order valence-electron chi connectivity index (χ3n) is 1.76. The number of nitrogen functional groups attached to an aromatic ring is 1. The molecule has 4 nitrogen and oxygen atoms in total. The molecule has 0 saturated heterocycles. The molecule has 2 rings (SSSR count). The fourth-order valence-corrected chi connectivity index (χ4v) is 1.29. The summed E-state index contributed by atoms with van der Waals surface area (Å²) >= 11 is 5.80. The van der Waals surface area contributed by atoms with E-state index in [1.165, 1.54) is 0 Å². The van der Waals surface area contributed by atoms with Crippen LogP contribution < -0.4 is 10.5 Å². The Morgan fingerprint density at radius 2 is 2.27 bits per heavy atom.